The summed E-state index contributed by atoms with van der Waals surface area (Å²) in [5, 5.41) is 16.6. The van der Waals surface area contributed by atoms with Gasteiger partial charge in [-0.15, -0.1) is 0 Å². The monoisotopic (exact) mass is 336 g/mol. The summed E-state index contributed by atoms with van der Waals surface area (Å²) in [7, 11) is 0. The summed E-state index contributed by atoms with van der Waals surface area (Å²) in [5.41, 5.74) is 10.5. The van der Waals surface area contributed by atoms with Crippen molar-refractivity contribution >= 4 is 21.8 Å². The summed E-state index contributed by atoms with van der Waals surface area (Å²) in [4.78, 5) is 0. The highest BCUT2D eigenvalue weighted by atomic mass is 79.9. The van der Waals surface area contributed by atoms with Crippen molar-refractivity contribution in [1.29, 1.82) is 0 Å². The largest absolute Gasteiger partial charge is 0.409 e. The molecule has 0 aliphatic carbocycles. The normalized spacial score (nSPS) is 11.9. The summed E-state index contributed by atoms with van der Waals surface area (Å²) < 4.78 is 2.75. The van der Waals surface area contributed by atoms with Crippen LogP contribution in [0.3, 0.4) is 0 Å². The van der Waals surface area contributed by atoms with Crippen LogP contribution in [0, 0.1) is 13.8 Å². The van der Waals surface area contributed by atoms with Gasteiger partial charge in [0.05, 0.1) is 11.4 Å². The Hall–Kier alpha value is -1.82. The Morgan fingerprint density at radius 2 is 2.15 bits per heavy atom. The SMILES string of the molecule is CCc1c(C)nn(-c2cc(Br)ccc2/C(N)=N/O)c1C. The van der Waals surface area contributed by atoms with Crippen LogP contribution in [-0.4, -0.2) is 20.8 Å². The van der Waals surface area contributed by atoms with Gasteiger partial charge in [-0.25, -0.2) is 4.68 Å². The van der Waals surface area contributed by atoms with Gasteiger partial charge in [0.15, 0.2) is 5.84 Å². The van der Waals surface area contributed by atoms with Gasteiger partial charge in [0.25, 0.3) is 0 Å². The van der Waals surface area contributed by atoms with Gasteiger partial charge in [0.1, 0.15) is 0 Å². The van der Waals surface area contributed by atoms with Gasteiger partial charge in [0, 0.05) is 15.7 Å². The quantitative estimate of drug-likeness (QED) is 0.391. The lowest BCUT2D eigenvalue weighted by Gasteiger charge is -2.11. The highest BCUT2D eigenvalue weighted by Crippen LogP contribution is 2.24. The molecule has 20 heavy (non-hydrogen) atoms. The number of amidine groups is 1. The molecule has 3 N–H and O–H groups in total. The topological polar surface area (TPSA) is 76.4 Å². The fraction of sp³-hybridized carbons (Fsp3) is 0.286. The average Bonchev–Trinajstić information content (AvgIpc) is 2.72. The standard InChI is InChI=1S/C14H17BrN4O/c1-4-11-8(2)17-19(9(11)3)13-7-10(15)5-6-12(13)14(16)18-20/h5-7,20H,4H2,1-3H3,(H2,16,18). The molecule has 0 fully saturated rings. The minimum atomic E-state index is 0.0677. The van der Waals surface area contributed by atoms with Crippen LogP contribution in [0.5, 0.6) is 0 Å². The Labute approximate surface area is 126 Å². The highest BCUT2D eigenvalue weighted by Gasteiger charge is 2.16. The fourth-order valence-corrected chi connectivity index (χ4v) is 2.72. The zero-order valence-corrected chi connectivity index (χ0v) is 13.3. The number of benzene rings is 1. The molecule has 2 rings (SSSR count). The van der Waals surface area contributed by atoms with Crippen LogP contribution in [0.4, 0.5) is 0 Å². The fourth-order valence-electron chi connectivity index (χ4n) is 2.37. The molecule has 0 unspecified atom stereocenters. The Morgan fingerprint density at radius 3 is 2.70 bits per heavy atom. The predicted molar refractivity (Wildman–Crippen MR) is 82.6 cm³/mol. The molecule has 2 aromatic rings. The molecule has 1 aromatic heterocycles. The molecule has 6 heteroatoms. The average molecular weight is 337 g/mol. The van der Waals surface area contributed by atoms with E-state index in [9.17, 15) is 0 Å². The smallest absolute Gasteiger partial charge is 0.172 e. The van der Waals surface area contributed by atoms with Gasteiger partial charge in [-0.05, 0) is 44.0 Å². The molecular formula is C14H17BrN4O. The zero-order valence-electron chi connectivity index (χ0n) is 11.7. The second kappa shape index (κ2) is 5.66. The minimum Gasteiger partial charge on any atom is -0.409 e. The maximum atomic E-state index is 8.93. The van der Waals surface area contributed by atoms with Gasteiger partial charge < -0.3 is 10.9 Å². The molecule has 0 atom stereocenters. The third-order valence-electron chi connectivity index (χ3n) is 3.37. The Kier molecular flexibility index (Phi) is 4.13. The van der Waals surface area contributed by atoms with Crippen LogP contribution in [0.15, 0.2) is 27.8 Å². The van der Waals surface area contributed by atoms with Gasteiger partial charge in [-0.1, -0.05) is 28.0 Å². The number of nitrogens with zero attached hydrogens (tertiary/aromatic N) is 3. The summed E-state index contributed by atoms with van der Waals surface area (Å²) >= 11 is 3.45. The Balaban J connectivity index is 2.72. The number of rotatable bonds is 3. The Bertz CT molecular complexity index is 676. The van der Waals surface area contributed by atoms with Crippen molar-refractivity contribution in [2.75, 3.05) is 0 Å². The number of halogens is 1. The highest BCUT2D eigenvalue weighted by molar-refractivity contribution is 9.10. The lowest BCUT2D eigenvalue weighted by atomic mass is 10.1. The van der Waals surface area contributed by atoms with E-state index in [4.69, 9.17) is 10.9 Å². The van der Waals surface area contributed by atoms with E-state index in [2.05, 4.69) is 33.1 Å². The third kappa shape index (κ3) is 2.43. The second-order valence-electron chi connectivity index (χ2n) is 4.56. The third-order valence-corrected chi connectivity index (χ3v) is 3.86. The number of hydrogen-bond acceptors (Lipinski definition) is 3. The van der Waals surface area contributed by atoms with Gasteiger partial charge in [0.2, 0.25) is 0 Å². The van der Waals surface area contributed by atoms with E-state index in [-0.39, 0.29) is 5.84 Å². The van der Waals surface area contributed by atoms with E-state index in [0.29, 0.717) is 5.56 Å². The van der Waals surface area contributed by atoms with Gasteiger partial charge in [-0.2, -0.15) is 5.10 Å². The van der Waals surface area contributed by atoms with Crippen LogP contribution in [0.25, 0.3) is 5.69 Å². The van der Waals surface area contributed by atoms with Gasteiger partial charge in [-0.3, -0.25) is 0 Å². The molecule has 0 aliphatic rings. The van der Waals surface area contributed by atoms with E-state index in [0.717, 1.165) is 28.0 Å². The summed E-state index contributed by atoms with van der Waals surface area (Å²) in [6.07, 6.45) is 0.921. The van der Waals surface area contributed by atoms with Crippen LogP contribution in [0.2, 0.25) is 0 Å². The van der Waals surface area contributed by atoms with Crippen molar-refractivity contribution in [3.63, 3.8) is 0 Å². The first kappa shape index (κ1) is 14.6. The van der Waals surface area contributed by atoms with E-state index in [1.165, 1.54) is 5.56 Å². The molecule has 1 heterocycles. The number of nitrogens with two attached hydrogens (primary N) is 1. The van der Waals surface area contributed by atoms with Crippen molar-refractivity contribution in [1.82, 2.24) is 9.78 Å². The summed E-state index contributed by atoms with van der Waals surface area (Å²) in [6, 6.07) is 5.56. The zero-order chi connectivity index (χ0) is 14.9. The molecule has 0 saturated carbocycles. The second-order valence-corrected chi connectivity index (χ2v) is 5.48. The lowest BCUT2D eigenvalue weighted by Crippen LogP contribution is -2.17. The predicted octanol–water partition coefficient (Wildman–Crippen LogP) is 2.91. The van der Waals surface area contributed by atoms with Crippen molar-refractivity contribution in [3.05, 3.63) is 45.2 Å². The first-order valence-corrected chi connectivity index (χ1v) is 7.11. The molecule has 106 valence electrons. The molecule has 0 spiro atoms. The molecule has 0 radical (unpaired) electrons. The van der Waals surface area contributed by atoms with Crippen molar-refractivity contribution in [3.8, 4) is 5.69 Å². The summed E-state index contributed by atoms with van der Waals surface area (Å²) in [5.74, 6) is 0.0677. The summed E-state index contributed by atoms with van der Waals surface area (Å²) in [6.45, 7) is 6.12. The first-order valence-electron chi connectivity index (χ1n) is 6.32. The van der Waals surface area contributed by atoms with Crippen LogP contribution in [0.1, 0.15) is 29.4 Å². The molecule has 5 nitrogen and oxygen atoms in total. The maximum absolute atomic E-state index is 8.93. The van der Waals surface area contributed by atoms with E-state index < -0.39 is 0 Å². The number of oxime groups is 1. The van der Waals surface area contributed by atoms with Crippen molar-refractivity contribution < 1.29 is 5.21 Å². The Morgan fingerprint density at radius 1 is 1.45 bits per heavy atom. The first-order chi connectivity index (χ1) is 9.49. The molecular weight excluding hydrogens is 320 g/mol. The van der Waals surface area contributed by atoms with Crippen molar-refractivity contribution in [2.24, 2.45) is 10.9 Å². The van der Waals surface area contributed by atoms with E-state index in [1.54, 1.807) is 6.07 Å². The van der Waals surface area contributed by atoms with Crippen LogP contribution >= 0.6 is 15.9 Å². The number of aromatic nitrogens is 2. The van der Waals surface area contributed by atoms with E-state index in [1.807, 2.05) is 30.7 Å². The number of aryl methyl sites for hydroxylation is 1. The molecule has 0 aliphatic heterocycles. The lowest BCUT2D eigenvalue weighted by molar-refractivity contribution is 0.318. The molecule has 1 aromatic carbocycles. The molecule has 0 saturated heterocycles. The molecule has 0 amide bonds. The minimum absolute atomic E-state index is 0.0677. The molecule has 0 bridgehead atoms. The van der Waals surface area contributed by atoms with Crippen LogP contribution in [-0.2, 0) is 6.42 Å². The maximum Gasteiger partial charge on any atom is 0.172 e. The van der Waals surface area contributed by atoms with E-state index >= 15 is 0 Å². The van der Waals surface area contributed by atoms with Crippen molar-refractivity contribution in [2.45, 2.75) is 27.2 Å². The number of hydrogen-bond donors (Lipinski definition) is 2. The van der Waals surface area contributed by atoms with Gasteiger partial charge >= 0.3 is 0 Å². The van der Waals surface area contributed by atoms with Crippen LogP contribution < -0.4 is 5.73 Å².